The van der Waals surface area contributed by atoms with Crippen LogP contribution in [0.2, 0.25) is 0 Å². The van der Waals surface area contributed by atoms with Crippen molar-refractivity contribution in [3.8, 4) is 0 Å². The van der Waals surface area contributed by atoms with E-state index in [0.29, 0.717) is 22.5 Å². The Hall–Kier alpha value is -3.02. The maximum Gasteiger partial charge on any atom is 0.256 e. The molecule has 1 aromatic carbocycles. The summed E-state index contributed by atoms with van der Waals surface area (Å²) in [5.74, 6) is -0.380. The lowest BCUT2D eigenvalue weighted by Crippen LogP contribution is -2.15. The van der Waals surface area contributed by atoms with Gasteiger partial charge in [-0.05, 0) is 39.0 Å². The third-order valence-electron chi connectivity index (χ3n) is 3.90. The molecule has 6 nitrogen and oxygen atoms in total. The van der Waals surface area contributed by atoms with Gasteiger partial charge in [-0.2, -0.15) is 5.10 Å². The lowest BCUT2D eigenvalue weighted by atomic mass is 10.1. The SMILES string of the molecule is CC(=O)c1ccccc1NC(=O)c1cc(C)nc2c1c(C)nn2C. The second-order valence-electron chi connectivity index (χ2n) is 5.77. The topological polar surface area (TPSA) is 76.9 Å². The van der Waals surface area contributed by atoms with Gasteiger partial charge in [0.15, 0.2) is 11.4 Å². The van der Waals surface area contributed by atoms with Crippen LogP contribution in [0.3, 0.4) is 0 Å². The number of hydrogen-bond donors (Lipinski definition) is 1. The van der Waals surface area contributed by atoms with Crippen molar-refractivity contribution in [1.82, 2.24) is 14.8 Å². The largest absolute Gasteiger partial charge is 0.321 e. The quantitative estimate of drug-likeness (QED) is 0.752. The molecule has 0 spiro atoms. The normalized spacial score (nSPS) is 10.8. The van der Waals surface area contributed by atoms with Gasteiger partial charge in [-0.15, -0.1) is 0 Å². The van der Waals surface area contributed by atoms with Gasteiger partial charge in [-0.25, -0.2) is 4.98 Å². The molecule has 0 atom stereocenters. The van der Waals surface area contributed by atoms with Crippen molar-refractivity contribution in [3.63, 3.8) is 0 Å². The number of pyridine rings is 1. The molecule has 0 unspecified atom stereocenters. The predicted molar refractivity (Wildman–Crippen MR) is 92.4 cm³/mol. The van der Waals surface area contributed by atoms with Crippen molar-refractivity contribution in [2.45, 2.75) is 20.8 Å². The monoisotopic (exact) mass is 322 g/mol. The number of nitrogens with one attached hydrogen (secondary N) is 1. The van der Waals surface area contributed by atoms with Gasteiger partial charge in [0, 0.05) is 18.3 Å². The minimum absolute atomic E-state index is 0.0977. The number of benzene rings is 1. The highest BCUT2D eigenvalue weighted by atomic mass is 16.1. The number of hydrogen-bond acceptors (Lipinski definition) is 4. The van der Waals surface area contributed by atoms with E-state index in [0.717, 1.165) is 16.8 Å². The van der Waals surface area contributed by atoms with Crippen LogP contribution in [0.5, 0.6) is 0 Å². The van der Waals surface area contributed by atoms with Crippen LogP contribution in [0, 0.1) is 13.8 Å². The Bertz CT molecular complexity index is 973. The fourth-order valence-corrected chi connectivity index (χ4v) is 2.84. The van der Waals surface area contributed by atoms with E-state index in [2.05, 4.69) is 15.4 Å². The first-order chi connectivity index (χ1) is 11.4. The van der Waals surface area contributed by atoms with E-state index in [4.69, 9.17) is 0 Å². The Morgan fingerprint density at radius 1 is 1.12 bits per heavy atom. The van der Waals surface area contributed by atoms with E-state index in [1.165, 1.54) is 6.92 Å². The molecular weight excluding hydrogens is 304 g/mol. The average Bonchev–Trinajstić information content (AvgIpc) is 2.81. The number of aryl methyl sites for hydroxylation is 3. The molecule has 3 rings (SSSR count). The van der Waals surface area contributed by atoms with Gasteiger partial charge < -0.3 is 5.32 Å². The van der Waals surface area contributed by atoms with Crippen molar-refractivity contribution in [3.05, 3.63) is 52.8 Å². The van der Waals surface area contributed by atoms with Gasteiger partial charge >= 0.3 is 0 Å². The van der Waals surface area contributed by atoms with Crippen LogP contribution >= 0.6 is 0 Å². The summed E-state index contributed by atoms with van der Waals surface area (Å²) in [7, 11) is 1.80. The molecule has 0 aliphatic carbocycles. The van der Waals surface area contributed by atoms with Crippen LogP contribution in [0.4, 0.5) is 5.69 Å². The summed E-state index contributed by atoms with van der Waals surface area (Å²) in [6.45, 7) is 5.16. The molecule has 0 bridgehead atoms. The van der Waals surface area contributed by atoms with Crippen LogP contribution in [-0.4, -0.2) is 26.5 Å². The molecule has 24 heavy (non-hydrogen) atoms. The van der Waals surface area contributed by atoms with Crippen LogP contribution < -0.4 is 5.32 Å². The maximum absolute atomic E-state index is 12.8. The molecular formula is C18H18N4O2. The number of rotatable bonds is 3. The fraction of sp³-hybridized carbons (Fsp3) is 0.222. The molecule has 0 aliphatic heterocycles. The molecule has 2 heterocycles. The predicted octanol–water partition coefficient (Wildman–Crippen LogP) is 3.04. The number of carbonyl (C=O) groups excluding carboxylic acids is 2. The molecule has 0 saturated carbocycles. The molecule has 3 aromatic rings. The van der Waals surface area contributed by atoms with E-state index in [1.807, 2.05) is 13.8 Å². The highest BCUT2D eigenvalue weighted by Gasteiger charge is 2.19. The van der Waals surface area contributed by atoms with Crippen molar-refractivity contribution < 1.29 is 9.59 Å². The molecule has 6 heteroatoms. The minimum Gasteiger partial charge on any atom is -0.321 e. The Kier molecular flexibility index (Phi) is 3.89. The molecule has 0 fully saturated rings. The van der Waals surface area contributed by atoms with Gasteiger partial charge in [0.25, 0.3) is 5.91 Å². The molecule has 1 amide bonds. The van der Waals surface area contributed by atoms with Gasteiger partial charge in [0.2, 0.25) is 0 Å². The number of amides is 1. The third-order valence-corrected chi connectivity index (χ3v) is 3.90. The first kappa shape index (κ1) is 15.9. The smallest absolute Gasteiger partial charge is 0.256 e. The summed E-state index contributed by atoms with van der Waals surface area (Å²) in [6.07, 6.45) is 0. The fourth-order valence-electron chi connectivity index (χ4n) is 2.84. The van der Waals surface area contributed by atoms with Gasteiger partial charge in [0.1, 0.15) is 0 Å². The summed E-state index contributed by atoms with van der Waals surface area (Å²) < 4.78 is 1.66. The molecule has 0 aliphatic rings. The zero-order valence-corrected chi connectivity index (χ0v) is 14.0. The van der Waals surface area contributed by atoms with Gasteiger partial charge in [-0.1, -0.05) is 12.1 Å². The summed E-state index contributed by atoms with van der Waals surface area (Å²) >= 11 is 0. The van der Waals surface area contributed by atoms with E-state index in [-0.39, 0.29) is 11.7 Å². The maximum atomic E-state index is 12.8. The van der Waals surface area contributed by atoms with Gasteiger partial charge in [-0.3, -0.25) is 14.3 Å². The first-order valence-electron chi connectivity index (χ1n) is 7.60. The van der Waals surface area contributed by atoms with E-state index < -0.39 is 0 Å². The first-order valence-corrected chi connectivity index (χ1v) is 7.60. The summed E-state index contributed by atoms with van der Waals surface area (Å²) in [6, 6.07) is 8.70. The lowest BCUT2D eigenvalue weighted by Gasteiger charge is -2.10. The lowest BCUT2D eigenvalue weighted by molar-refractivity contribution is 0.101. The number of anilines is 1. The molecule has 122 valence electrons. The average molecular weight is 322 g/mol. The van der Waals surface area contributed by atoms with E-state index >= 15 is 0 Å². The number of Topliss-reactive ketones (excluding diaryl/α,β-unsaturated/α-hetero) is 1. The van der Waals surface area contributed by atoms with E-state index in [9.17, 15) is 9.59 Å². The summed E-state index contributed by atoms with van der Waals surface area (Å²) in [5, 5.41) is 7.91. The number of aromatic nitrogens is 3. The molecule has 0 saturated heterocycles. The van der Waals surface area contributed by atoms with Crippen LogP contribution in [-0.2, 0) is 7.05 Å². The number of para-hydroxylation sites is 1. The standard InChI is InChI=1S/C18H18N4O2/c1-10-9-14(16-11(2)21-22(4)17(16)19-10)18(24)20-15-8-6-5-7-13(15)12(3)23/h5-9H,1-4H3,(H,20,24). The minimum atomic E-state index is -0.282. The van der Waals surface area contributed by atoms with Gasteiger partial charge in [0.05, 0.1) is 22.3 Å². The van der Waals surface area contributed by atoms with Crippen molar-refractivity contribution in [2.75, 3.05) is 5.32 Å². The Morgan fingerprint density at radius 2 is 1.83 bits per heavy atom. The zero-order valence-electron chi connectivity index (χ0n) is 14.0. The molecule has 0 radical (unpaired) electrons. The van der Waals surface area contributed by atoms with Crippen LogP contribution in [0.25, 0.3) is 11.0 Å². The third kappa shape index (κ3) is 2.67. The Morgan fingerprint density at radius 3 is 2.54 bits per heavy atom. The second-order valence-corrected chi connectivity index (χ2v) is 5.77. The highest BCUT2D eigenvalue weighted by Crippen LogP contribution is 2.23. The number of nitrogens with zero attached hydrogens (tertiary/aromatic N) is 3. The Labute approximate surface area is 139 Å². The molecule has 1 N–H and O–H groups in total. The van der Waals surface area contributed by atoms with E-state index in [1.54, 1.807) is 42.1 Å². The van der Waals surface area contributed by atoms with Crippen LogP contribution in [0.1, 0.15) is 39.0 Å². The van der Waals surface area contributed by atoms with Crippen molar-refractivity contribution in [2.24, 2.45) is 7.05 Å². The van der Waals surface area contributed by atoms with Crippen molar-refractivity contribution in [1.29, 1.82) is 0 Å². The van der Waals surface area contributed by atoms with Crippen molar-refractivity contribution >= 4 is 28.4 Å². The highest BCUT2D eigenvalue weighted by molar-refractivity contribution is 6.14. The Balaban J connectivity index is 2.09. The number of ketones is 1. The number of fused-ring (bicyclic) bond motifs is 1. The molecule has 2 aromatic heterocycles. The second kappa shape index (κ2) is 5.88. The summed E-state index contributed by atoms with van der Waals surface area (Å²) in [4.78, 5) is 29.0. The van der Waals surface area contributed by atoms with Crippen LogP contribution in [0.15, 0.2) is 30.3 Å². The summed E-state index contributed by atoms with van der Waals surface area (Å²) in [5.41, 5.74) is 3.62. The zero-order chi connectivity index (χ0) is 17.4. The number of carbonyl (C=O) groups is 2.